The number of alkyl halides is 6. The lowest BCUT2D eigenvalue weighted by Gasteiger charge is -2.48. The van der Waals surface area contributed by atoms with Crippen LogP contribution in [0, 0.1) is 50.9 Å². The first-order chi connectivity index (χ1) is 67.0. The van der Waals surface area contributed by atoms with Crippen molar-refractivity contribution < 1.29 is 96.8 Å². The summed E-state index contributed by atoms with van der Waals surface area (Å²) in [4.78, 5) is 57.2. The topological polar surface area (TPSA) is 219 Å². The number of hydrogen-bond donors (Lipinski definition) is 2. The summed E-state index contributed by atoms with van der Waals surface area (Å²) in [5.74, 6) is 6.97. The summed E-state index contributed by atoms with van der Waals surface area (Å²) in [7, 11) is -3.24. The highest BCUT2D eigenvalue weighted by Gasteiger charge is 2.43. The van der Waals surface area contributed by atoms with Crippen molar-refractivity contribution in [1.29, 1.82) is 0 Å². The molecule has 0 spiro atoms. The van der Waals surface area contributed by atoms with Crippen molar-refractivity contribution >= 4 is 118 Å². The summed E-state index contributed by atoms with van der Waals surface area (Å²) in [6.45, 7) is 16.4. The number of benzene rings is 10. The number of halogens is 7. The number of aliphatic carboxylic acids is 1. The summed E-state index contributed by atoms with van der Waals surface area (Å²) in [6.07, 6.45) is 30.4. The SMILES string of the molecule is CC1CCC(O)CC1.CC1CCC(OS(C)(=O)=O)CC1.CC1CCC(Oc2ccc3cc(C=O)ccc3c2)CC1.CC1CCC(Oc2ccc3cc(C=O)ccc3c2)CC1.CC1CCC(Oc2ccc3cc(C=O)ccc3c2C(F)(F)F)CC1.CC1CCC(Oc2ccc3cc(C=O)ccc3c2I)CC1.CC1CCC(Oc2ccc3cc(CN4C5CCCC4CC(C(=O)O)C5)ccc3c2C(F)(F)F)CC1. The predicted octanol–water partition coefficient (Wildman–Crippen LogP) is 30.2. The van der Waals surface area contributed by atoms with E-state index in [0.29, 0.717) is 88.8 Å². The van der Waals surface area contributed by atoms with Crippen LogP contribution in [0.3, 0.4) is 0 Å². The number of carboxylic acid groups (broad SMARTS) is 1. The number of nitrogens with zero attached hydrogens (tertiary/aromatic N) is 1. The van der Waals surface area contributed by atoms with E-state index in [9.17, 15) is 63.8 Å². The maximum atomic E-state index is 14.2. The third-order valence-electron chi connectivity index (χ3n) is 30.2. The van der Waals surface area contributed by atoms with Gasteiger partial charge in [0.2, 0.25) is 0 Å². The van der Waals surface area contributed by atoms with Gasteiger partial charge in [-0.2, -0.15) is 34.8 Å². The largest absolute Gasteiger partial charge is 0.490 e. The van der Waals surface area contributed by atoms with Gasteiger partial charge in [0.25, 0.3) is 10.1 Å². The molecule has 9 fully saturated rings. The molecule has 7 saturated carbocycles. The number of carbonyl (C=O) groups is 5. The van der Waals surface area contributed by atoms with E-state index in [0.717, 1.165) is 261 Å². The number of carbonyl (C=O) groups excluding carboxylic acids is 4. The second kappa shape index (κ2) is 50.8. The van der Waals surface area contributed by atoms with Crippen LogP contribution in [0.1, 0.15) is 318 Å². The third-order valence-corrected chi connectivity index (χ3v) is 31.9. The normalized spacial score (nSPS) is 26.0. The van der Waals surface area contributed by atoms with Crippen LogP contribution < -0.4 is 23.7 Å². The monoisotopic (exact) mass is 2060 g/mol. The van der Waals surface area contributed by atoms with E-state index in [-0.39, 0.29) is 64.7 Å². The molecule has 2 heterocycles. The highest BCUT2D eigenvalue weighted by molar-refractivity contribution is 14.1. The molecule has 140 heavy (non-hydrogen) atoms. The zero-order valence-electron chi connectivity index (χ0n) is 82.5. The van der Waals surface area contributed by atoms with E-state index in [1.807, 2.05) is 97.1 Å². The number of aldehydes is 4. The number of aliphatic hydroxyl groups excluding tert-OH is 1. The molecular formula is C116H142F6INO15S. The third kappa shape index (κ3) is 31.6. The molecule has 2 aliphatic heterocycles. The molecular weight excluding hydrogens is 1920 g/mol. The van der Waals surface area contributed by atoms with E-state index >= 15 is 0 Å². The van der Waals surface area contributed by atoms with Gasteiger partial charge in [-0.25, -0.2) is 0 Å². The van der Waals surface area contributed by atoms with Crippen molar-refractivity contribution in [2.24, 2.45) is 47.3 Å². The van der Waals surface area contributed by atoms with Crippen LogP contribution in [0.15, 0.2) is 164 Å². The number of carboxylic acids is 1. The second-order valence-electron chi connectivity index (χ2n) is 41.8. The number of fused-ring (bicyclic) bond motifs is 7. The van der Waals surface area contributed by atoms with Crippen molar-refractivity contribution in [2.75, 3.05) is 6.26 Å². The van der Waals surface area contributed by atoms with E-state index in [1.54, 1.807) is 24.3 Å². The summed E-state index contributed by atoms with van der Waals surface area (Å²) in [5.41, 5.74) is 2.03. The summed E-state index contributed by atoms with van der Waals surface area (Å²) >= 11 is 2.35. The minimum atomic E-state index is -4.51. The smallest absolute Gasteiger partial charge is 0.420 e. The number of rotatable bonds is 19. The molecule has 16 nitrogen and oxygen atoms in total. The number of aliphatic hydroxyl groups is 1. The Morgan fingerprint density at radius 1 is 0.364 bits per heavy atom. The van der Waals surface area contributed by atoms with Gasteiger partial charge in [0.1, 0.15) is 65.0 Å². The van der Waals surface area contributed by atoms with Crippen LogP contribution in [-0.2, 0) is 38.0 Å². The molecule has 756 valence electrons. The average molecular weight is 2060 g/mol. The lowest BCUT2D eigenvalue weighted by molar-refractivity contribution is -0.146. The zero-order chi connectivity index (χ0) is 100.0. The molecule has 2 saturated heterocycles. The second-order valence-corrected chi connectivity index (χ2v) is 44.5. The molecule has 10 aromatic carbocycles. The van der Waals surface area contributed by atoms with Crippen LogP contribution in [-0.4, -0.2) is 116 Å². The highest BCUT2D eigenvalue weighted by Crippen LogP contribution is 2.47. The van der Waals surface area contributed by atoms with Crippen molar-refractivity contribution in [3.05, 3.63) is 206 Å². The maximum Gasteiger partial charge on any atom is 0.420 e. The Bertz CT molecular complexity index is 5740. The Kier molecular flexibility index (Phi) is 39.2. The van der Waals surface area contributed by atoms with E-state index in [2.05, 4.69) is 88.1 Å². The fraction of sp³-hybridized carbons (Fsp3) is 0.526. The number of ether oxygens (including phenoxy) is 5. The van der Waals surface area contributed by atoms with Gasteiger partial charge in [-0.1, -0.05) is 146 Å². The molecule has 0 aromatic heterocycles. The first kappa shape index (κ1) is 108. The van der Waals surface area contributed by atoms with Gasteiger partial charge in [0.15, 0.2) is 0 Å². The molecule has 0 radical (unpaired) electrons. The Morgan fingerprint density at radius 2 is 0.657 bits per heavy atom. The molecule has 24 heteroatoms. The molecule has 0 amide bonds. The fourth-order valence-corrected chi connectivity index (χ4v) is 23.0. The van der Waals surface area contributed by atoms with Crippen LogP contribution in [0.4, 0.5) is 26.3 Å². The summed E-state index contributed by atoms with van der Waals surface area (Å²) < 4.78 is 141. The van der Waals surface area contributed by atoms with E-state index in [1.165, 1.54) is 81.7 Å². The maximum absolute atomic E-state index is 14.2. The van der Waals surface area contributed by atoms with Gasteiger partial charge in [-0.15, -0.1) is 0 Å². The van der Waals surface area contributed by atoms with Gasteiger partial charge >= 0.3 is 18.3 Å². The summed E-state index contributed by atoms with van der Waals surface area (Å²) in [6, 6.07) is 49.7. The molecule has 2 N–H and O–H groups in total. The van der Waals surface area contributed by atoms with Gasteiger partial charge in [0, 0.05) is 40.9 Å². The van der Waals surface area contributed by atoms with E-state index in [4.69, 9.17) is 33.0 Å². The van der Waals surface area contributed by atoms with Gasteiger partial charge < -0.3 is 33.9 Å². The molecule has 9 aliphatic rings. The minimum absolute atomic E-state index is 0.0196. The van der Waals surface area contributed by atoms with Gasteiger partial charge in [0.05, 0.1) is 58.5 Å². The highest BCUT2D eigenvalue weighted by atomic mass is 127. The number of hydrogen-bond acceptors (Lipinski definition) is 15. The average Bonchev–Trinajstić information content (AvgIpc) is 0.767. The number of piperidine rings is 2. The van der Waals surface area contributed by atoms with Crippen molar-refractivity contribution in [3.8, 4) is 28.7 Å². The molecule has 2 bridgehead atoms. The van der Waals surface area contributed by atoms with Crippen LogP contribution in [0.5, 0.6) is 28.7 Å². The van der Waals surface area contributed by atoms with Crippen LogP contribution >= 0.6 is 22.6 Å². The Hall–Kier alpha value is -9.21. The zero-order valence-corrected chi connectivity index (χ0v) is 85.4. The fourth-order valence-electron chi connectivity index (χ4n) is 21.5. The molecule has 7 aliphatic carbocycles. The molecule has 10 aromatic rings. The molecule has 19 rings (SSSR count). The molecule has 2 atom stereocenters. The quantitative estimate of drug-likeness (QED) is 0.0333. The van der Waals surface area contributed by atoms with Crippen LogP contribution in [0.2, 0.25) is 0 Å². The van der Waals surface area contributed by atoms with E-state index < -0.39 is 39.6 Å². The predicted molar refractivity (Wildman–Crippen MR) is 553 cm³/mol. The van der Waals surface area contributed by atoms with Gasteiger partial charge in [-0.3, -0.25) is 33.1 Å². The minimum Gasteiger partial charge on any atom is -0.490 e. The van der Waals surface area contributed by atoms with Gasteiger partial charge in [-0.05, 0) is 402 Å². The lowest BCUT2D eigenvalue weighted by atomic mass is 9.78. The first-order valence-corrected chi connectivity index (χ1v) is 54.1. The Balaban J connectivity index is 0.000000142. The summed E-state index contributed by atoms with van der Waals surface area (Å²) in [5, 5.41) is 26.4. The van der Waals surface area contributed by atoms with Crippen molar-refractivity contribution in [2.45, 2.75) is 334 Å². The molecule has 2 unspecified atom stereocenters. The van der Waals surface area contributed by atoms with Crippen LogP contribution in [0.25, 0.3) is 53.9 Å². The lowest BCUT2D eigenvalue weighted by Crippen LogP contribution is -2.52. The standard InChI is InChI=1S/C28H34F3NO3.C19H19F3O2.C18H19IO2.2C18H20O2.C8H16O3S.C7H14O/c1-17-5-9-23(10-6-17)35-25-12-8-19-13-18(7-11-24(19)26(25)28(29,30)31)16-32-21-3-2-4-22(32)15-20(14-21)27(33)34;1-12-2-6-15(7-3-12)24-17-9-5-14-10-13(11-23)4-8-16(14)18(17)19(20,21)22;1-12-2-6-15(7-3-12)21-17-9-5-14-10-13(11-20)4-8-16(14)18(17)19;2*1-13-2-7-17(8-3-13)20-18-9-6-15-10-14(12-19)4-5-16(15)11-18;1-7-3-5-8(6-4-7)11-12(2,9)10;1-6-2-4-7(8)5-3-6/h7-8,11-13,17,20-23H,2-6,9-10,14-16H2,1H3,(H,33,34);4-5,8-12,15H,2-3,6-7H2,1H3;4-5,8-12,15H,2-3,6-7H2,1H3;2*4-6,9-13,17H,2-3,7-8H2,1H3;7-8H,3-6H2,1-2H3;6-8H,2-5H2,1H3. The van der Waals surface area contributed by atoms with Crippen molar-refractivity contribution in [3.63, 3.8) is 0 Å². The first-order valence-electron chi connectivity index (χ1n) is 51.2. The Labute approximate surface area is 836 Å². The van der Waals surface area contributed by atoms with Crippen molar-refractivity contribution in [1.82, 2.24) is 4.90 Å². The Morgan fingerprint density at radius 3 is 1.01 bits per heavy atom.